The van der Waals surface area contributed by atoms with E-state index in [1.807, 2.05) is 11.0 Å². The summed E-state index contributed by atoms with van der Waals surface area (Å²) in [6, 6.07) is 12.1. The van der Waals surface area contributed by atoms with Crippen LogP contribution >= 0.6 is 23.4 Å². The molecule has 0 bridgehead atoms. The smallest absolute Gasteiger partial charge is 0.284 e. The second-order valence-corrected chi connectivity index (χ2v) is 8.11. The van der Waals surface area contributed by atoms with Gasteiger partial charge in [-0.05, 0) is 56.0 Å². The molecule has 0 N–H and O–H groups in total. The van der Waals surface area contributed by atoms with Crippen LogP contribution in [0.2, 0.25) is 5.02 Å². The highest BCUT2D eigenvalue weighted by atomic mass is 35.5. The Morgan fingerprint density at radius 2 is 2.11 bits per heavy atom. The number of nitro groups is 1. The molecule has 3 rings (SSSR count). The summed E-state index contributed by atoms with van der Waals surface area (Å²) in [6.45, 7) is 2.79. The van der Waals surface area contributed by atoms with E-state index < -0.39 is 4.92 Å². The Morgan fingerprint density at radius 3 is 2.81 bits per heavy atom. The second kappa shape index (κ2) is 8.76. The summed E-state index contributed by atoms with van der Waals surface area (Å²) in [7, 11) is 0. The standard InChI is InChI=1S/C20H21ClN2O3S/c1-2-16-7-3-4-11-22(16)20(24)14-9-10-19(18(12-14)23(25)26)27-17-8-5-6-15(21)13-17/h5-6,8-10,12-13,16H,2-4,7,11H2,1H3/t16-/m0/s1. The van der Waals surface area contributed by atoms with Gasteiger partial charge in [0, 0.05) is 34.1 Å². The van der Waals surface area contributed by atoms with Crippen LogP contribution in [0.1, 0.15) is 43.0 Å². The van der Waals surface area contributed by atoms with Crippen molar-refractivity contribution in [1.82, 2.24) is 4.90 Å². The fraction of sp³-hybridized carbons (Fsp3) is 0.350. The molecule has 1 saturated heterocycles. The van der Waals surface area contributed by atoms with Crippen LogP contribution < -0.4 is 0 Å². The molecular weight excluding hydrogens is 384 g/mol. The second-order valence-electron chi connectivity index (χ2n) is 6.56. The zero-order valence-corrected chi connectivity index (χ0v) is 16.6. The number of rotatable bonds is 5. The van der Waals surface area contributed by atoms with Gasteiger partial charge in [0.05, 0.1) is 9.82 Å². The lowest BCUT2D eigenvalue weighted by atomic mass is 9.99. The molecule has 27 heavy (non-hydrogen) atoms. The van der Waals surface area contributed by atoms with E-state index in [9.17, 15) is 14.9 Å². The molecule has 0 saturated carbocycles. The zero-order chi connectivity index (χ0) is 19.4. The number of hydrogen-bond donors (Lipinski definition) is 0. The van der Waals surface area contributed by atoms with E-state index in [0.717, 1.165) is 30.6 Å². The zero-order valence-electron chi connectivity index (χ0n) is 15.1. The maximum atomic E-state index is 12.9. The Hall–Kier alpha value is -2.05. The highest BCUT2D eigenvalue weighted by Gasteiger charge is 2.28. The van der Waals surface area contributed by atoms with Crippen molar-refractivity contribution in [2.24, 2.45) is 0 Å². The van der Waals surface area contributed by atoms with Crippen LogP contribution in [0.15, 0.2) is 52.3 Å². The Morgan fingerprint density at radius 1 is 1.30 bits per heavy atom. The number of carbonyl (C=O) groups is 1. The molecular formula is C20H21ClN2O3S. The van der Waals surface area contributed by atoms with E-state index in [0.29, 0.717) is 22.0 Å². The number of benzene rings is 2. The first-order valence-corrected chi connectivity index (χ1v) is 10.2. The summed E-state index contributed by atoms with van der Waals surface area (Å²) in [5.74, 6) is -0.121. The quantitative estimate of drug-likeness (QED) is 0.466. The highest BCUT2D eigenvalue weighted by molar-refractivity contribution is 7.99. The molecule has 1 heterocycles. The first kappa shape index (κ1) is 19.7. The van der Waals surface area contributed by atoms with E-state index in [1.165, 1.54) is 17.8 Å². The number of likely N-dealkylation sites (tertiary alicyclic amines) is 1. The van der Waals surface area contributed by atoms with E-state index in [1.54, 1.807) is 30.3 Å². The van der Waals surface area contributed by atoms with Gasteiger partial charge < -0.3 is 4.90 Å². The van der Waals surface area contributed by atoms with E-state index in [2.05, 4.69) is 6.92 Å². The average molecular weight is 405 g/mol. The molecule has 0 unspecified atom stereocenters. The molecule has 1 aliphatic heterocycles. The van der Waals surface area contributed by atoms with Gasteiger partial charge in [-0.25, -0.2) is 0 Å². The predicted octanol–water partition coefficient (Wildman–Crippen LogP) is 5.80. The molecule has 142 valence electrons. The minimum atomic E-state index is -0.433. The summed E-state index contributed by atoms with van der Waals surface area (Å²) in [5.41, 5.74) is 0.313. The summed E-state index contributed by atoms with van der Waals surface area (Å²) < 4.78 is 0. The highest BCUT2D eigenvalue weighted by Crippen LogP contribution is 2.36. The van der Waals surface area contributed by atoms with Crippen LogP contribution in [0.25, 0.3) is 0 Å². The van der Waals surface area contributed by atoms with Gasteiger partial charge in [0.25, 0.3) is 11.6 Å². The third kappa shape index (κ3) is 4.62. The topological polar surface area (TPSA) is 63.5 Å². The molecule has 0 radical (unpaired) electrons. The number of nitro benzene ring substituents is 1. The fourth-order valence-corrected chi connectivity index (χ4v) is 4.61. The predicted molar refractivity (Wildman–Crippen MR) is 108 cm³/mol. The first-order valence-electron chi connectivity index (χ1n) is 9.02. The maximum Gasteiger partial charge on any atom is 0.284 e. The number of piperidine rings is 1. The number of amides is 1. The lowest BCUT2D eigenvalue weighted by Gasteiger charge is -2.35. The summed E-state index contributed by atoms with van der Waals surface area (Å²) in [4.78, 5) is 27.3. The van der Waals surface area contributed by atoms with Crippen molar-refractivity contribution >= 4 is 35.0 Å². The van der Waals surface area contributed by atoms with E-state index in [4.69, 9.17) is 11.6 Å². The summed E-state index contributed by atoms with van der Waals surface area (Å²) in [5, 5.41) is 12.2. The van der Waals surface area contributed by atoms with Gasteiger partial charge in [-0.15, -0.1) is 0 Å². The minimum absolute atomic E-state index is 0.0594. The molecule has 0 spiro atoms. The third-order valence-corrected chi connectivity index (χ3v) is 6.08. The molecule has 1 amide bonds. The lowest BCUT2D eigenvalue weighted by Crippen LogP contribution is -2.43. The minimum Gasteiger partial charge on any atom is -0.336 e. The summed E-state index contributed by atoms with van der Waals surface area (Å²) in [6.07, 6.45) is 3.99. The van der Waals surface area contributed by atoms with Crippen LogP contribution in [0.3, 0.4) is 0 Å². The Labute approximate surface area is 167 Å². The summed E-state index contributed by atoms with van der Waals surface area (Å²) >= 11 is 7.26. The van der Waals surface area contributed by atoms with Crippen molar-refractivity contribution < 1.29 is 9.72 Å². The van der Waals surface area contributed by atoms with Gasteiger partial charge >= 0.3 is 0 Å². The van der Waals surface area contributed by atoms with Crippen LogP contribution in [0, 0.1) is 10.1 Å². The van der Waals surface area contributed by atoms with Crippen molar-refractivity contribution in [3.8, 4) is 0 Å². The van der Waals surface area contributed by atoms with Crippen molar-refractivity contribution in [2.45, 2.75) is 48.4 Å². The molecule has 2 aromatic rings. The first-order chi connectivity index (χ1) is 13.0. The van der Waals surface area contributed by atoms with Gasteiger partial charge in [0.15, 0.2) is 0 Å². The number of nitrogens with zero attached hydrogens (tertiary/aromatic N) is 2. The van der Waals surface area contributed by atoms with Crippen LogP contribution in [-0.2, 0) is 0 Å². The van der Waals surface area contributed by atoms with Gasteiger partial charge in [-0.3, -0.25) is 14.9 Å². The molecule has 0 aliphatic carbocycles. The van der Waals surface area contributed by atoms with Gasteiger partial charge in [-0.1, -0.05) is 36.4 Å². The molecule has 1 fully saturated rings. The monoisotopic (exact) mass is 404 g/mol. The van der Waals surface area contributed by atoms with Crippen molar-refractivity contribution in [3.05, 3.63) is 63.2 Å². The molecule has 1 atom stereocenters. The van der Waals surface area contributed by atoms with Crippen LogP contribution in [0.5, 0.6) is 0 Å². The number of halogens is 1. The largest absolute Gasteiger partial charge is 0.336 e. The molecule has 1 aliphatic rings. The SMILES string of the molecule is CC[C@H]1CCCCN1C(=O)c1ccc(Sc2cccc(Cl)c2)c([N+](=O)[O-])c1. The molecule has 0 aromatic heterocycles. The molecule has 7 heteroatoms. The van der Waals surface area contributed by atoms with Crippen molar-refractivity contribution in [3.63, 3.8) is 0 Å². The molecule has 2 aromatic carbocycles. The van der Waals surface area contributed by atoms with Crippen molar-refractivity contribution in [2.75, 3.05) is 6.54 Å². The Balaban J connectivity index is 1.89. The lowest BCUT2D eigenvalue weighted by molar-refractivity contribution is -0.387. The normalized spacial score (nSPS) is 17.0. The van der Waals surface area contributed by atoms with E-state index in [-0.39, 0.29) is 17.6 Å². The van der Waals surface area contributed by atoms with Crippen molar-refractivity contribution in [1.29, 1.82) is 0 Å². The van der Waals surface area contributed by atoms with Gasteiger partial charge in [-0.2, -0.15) is 0 Å². The van der Waals surface area contributed by atoms with Crippen LogP contribution in [-0.4, -0.2) is 28.3 Å². The third-order valence-electron chi connectivity index (χ3n) is 4.79. The maximum absolute atomic E-state index is 12.9. The Kier molecular flexibility index (Phi) is 6.39. The van der Waals surface area contributed by atoms with Crippen LogP contribution in [0.4, 0.5) is 5.69 Å². The van der Waals surface area contributed by atoms with Gasteiger partial charge in [0.2, 0.25) is 0 Å². The number of hydrogen-bond acceptors (Lipinski definition) is 4. The molecule has 5 nitrogen and oxygen atoms in total. The average Bonchev–Trinajstić information content (AvgIpc) is 2.67. The van der Waals surface area contributed by atoms with E-state index >= 15 is 0 Å². The Bertz CT molecular complexity index is 859. The van der Waals surface area contributed by atoms with Gasteiger partial charge in [0.1, 0.15) is 0 Å². The fourth-order valence-electron chi connectivity index (χ4n) is 3.40. The number of carbonyl (C=O) groups excluding carboxylic acids is 1.